The summed E-state index contributed by atoms with van der Waals surface area (Å²) in [5.74, 6) is -3.16. The lowest BCUT2D eigenvalue weighted by molar-refractivity contribution is -0.171. The van der Waals surface area contributed by atoms with Gasteiger partial charge in [-0.05, 0) is 0 Å². The van der Waals surface area contributed by atoms with Crippen molar-refractivity contribution in [2.45, 2.75) is 12.6 Å². The third-order valence-corrected chi connectivity index (χ3v) is 1.72. The lowest BCUT2D eigenvalue weighted by Gasteiger charge is -2.06. The van der Waals surface area contributed by atoms with Crippen LogP contribution in [-0.4, -0.2) is 17.7 Å². The monoisotopic (exact) mass is 252 g/mol. The zero-order valence-corrected chi connectivity index (χ0v) is 8.86. The van der Waals surface area contributed by atoms with Crippen LogP contribution in [0.1, 0.15) is 6.42 Å². The van der Waals surface area contributed by atoms with Gasteiger partial charge in [0.25, 0.3) is 0 Å². The number of hydrogen-bond donors (Lipinski definition) is 0. The number of allylic oxidation sites excluding steroid dienone is 4. The van der Waals surface area contributed by atoms with E-state index < -0.39 is 24.2 Å². The summed E-state index contributed by atoms with van der Waals surface area (Å²) < 4.78 is 35.6. The second-order valence-electron chi connectivity index (χ2n) is 2.74. The molecule has 0 aromatic carbocycles. The predicted molar refractivity (Wildman–Crippen MR) is 54.0 cm³/mol. The van der Waals surface area contributed by atoms with Crippen LogP contribution in [0.15, 0.2) is 35.9 Å². The number of hydrogen-bond acceptors (Lipinski definition) is 2. The number of alkyl halides is 3. The zero-order chi connectivity index (χ0) is 12.9. The maximum atomic E-state index is 11.9. The van der Waals surface area contributed by atoms with Crippen LogP contribution in [-0.2, 0) is 9.59 Å². The van der Waals surface area contributed by atoms with E-state index >= 15 is 0 Å². The topological polar surface area (TPSA) is 34.1 Å². The Kier molecular flexibility index (Phi) is 5.17. The van der Waals surface area contributed by atoms with E-state index in [2.05, 4.69) is 13.2 Å². The number of rotatable bonds is 5. The summed E-state index contributed by atoms with van der Waals surface area (Å²) in [7, 11) is 0. The SMILES string of the molecule is C=C/C=C(\C(=C)Cl)C(=O)CC(=O)C(F)(F)F. The van der Waals surface area contributed by atoms with Gasteiger partial charge in [0.1, 0.15) is 0 Å². The van der Waals surface area contributed by atoms with Gasteiger partial charge in [0.05, 0.1) is 6.42 Å². The molecular formula is C10H8ClF3O2. The Bertz CT molecular complexity index is 367. The quantitative estimate of drug-likeness (QED) is 0.428. The fraction of sp³-hybridized carbons (Fsp3) is 0.200. The molecule has 0 saturated carbocycles. The van der Waals surface area contributed by atoms with Crippen molar-refractivity contribution in [2.24, 2.45) is 0 Å². The van der Waals surface area contributed by atoms with Gasteiger partial charge in [-0.15, -0.1) is 0 Å². The number of carbonyl (C=O) groups excluding carboxylic acids is 2. The third kappa shape index (κ3) is 4.44. The molecule has 0 fully saturated rings. The van der Waals surface area contributed by atoms with E-state index in [0.29, 0.717) is 0 Å². The Morgan fingerprint density at radius 1 is 1.31 bits per heavy atom. The van der Waals surface area contributed by atoms with Gasteiger partial charge in [0, 0.05) is 10.6 Å². The molecule has 0 aromatic rings. The minimum Gasteiger partial charge on any atom is -0.294 e. The first-order valence-electron chi connectivity index (χ1n) is 4.01. The summed E-state index contributed by atoms with van der Waals surface area (Å²) in [6.45, 7) is 6.46. The van der Waals surface area contributed by atoms with Crippen LogP contribution in [0, 0.1) is 0 Å². The average Bonchev–Trinajstić information content (AvgIpc) is 2.11. The predicted octanol–water partition coefficient (Wildman–Crippen LogP) is 2.94. The van der Waals surface area contributed by atoms with E-state index in [1.165, 1.54) is 6.08 Å². The van der Waals surface area contributed by atoms with Crippen LogP contribution in [0.5, 0.6) is 0 Å². The summed E-state index contributed by atoms with van der Waals surface area (Å²) in [6, 6.07) is 0. The highest BCUT2D eigenvalue weighted by atomic mass is 35.5. The summed E-state index contributed by atoms with van der Waals surface area (Å²) in [5, 5.41) is -0.236. The highest BCUT2D eigenvalue weighted by molar-refractivity contribution is 6.35. The van der Waals surface area contributed by atoms with Gasteiger partial charge in [-0.1, -0.05) is 36.9 Å². The molecule has 16 heavy (non-hydrogen) atoms. The molecule has 0 aromatic heterocycles. The maximum Gasteiger partial charge on any atom is 0.450 e. The molecule has 0 spiro atoms. The van der Waals surface area contributed by atoms with Crippen molar-refractivity contribution in [1.29, 1.82) is 0 Å². The van der Waals surface area contributed by atoms with Crippen molar-refractivity contribution < 1.29 is 22.8 Å². The minimum atomic E-state index is -5.03. The molecule has 0 amide bonds. The lowest BCUT2D eigenvalue weighted by Crippen LogP contribution is -2.25. The van der Waals surface area contributed by atoms with E-state index in [0.717, 1.165) is 6.08 Å². The Labute approximate surface area is 95.1 Å². The van der Waals surface area contributed by atoms with Gasteiger partial charge < -0.3 is 0 Å². The molecule has 6 heteroatoms. The highest BCUT2D eigenvalue weighted by Gasteiger charge is 2.39. The Morgan fingerprint density at radius 2 is 1.81 bits per heavy atom. The Morgan fingerprint density at radius 3 is 2.12 bits per heavy atom. The van der Waals surface area contributed by atoms with Crippen molar-refractivity contribution in [1.82, 2.24) is 0 Å². The number of halogens is 4. The number of carbonyl (C=O) groups is 2. The number of ketones is 2. The number of Topliss-reactive ketones (excluding diaryl/α,β-unsaturated/α-hetero) is 2. The van der Waals surface area contributed by atoms with E-state index in [1.54, 1.807) is 0 Å². The lowest BCUT2D eigenvalue weighted by atomic mass is 10.1. The second kappa shape index (κ2) is 5.65. The summed E-state index contributed by atoms with van der Waals surface area (Å²) in [6.07, 6.45) is -4.04. The molecule has 0 rings (SSSR count). The zero-order valence-electron chi connectivity index (χ0n) is 8.10. The van der Waals surface area contributed by atoms with Gasteiger partial charge in [0.15, 0.2) is 5.78 Å². The molecule has 2 nitrogen and oxygen atoms in total. The van der Waals surface area contributed by atoms with Crippen molar-refractivity contribution in [2.75, 3.05) is 0 Å². The third-order valence-electron chi connectivity index (χ3n) is 1.51. The summed E-state index contributed by atoms with van der Waals surface area (Å²) in [5.41, 5.74) is -0.255. The van der Waals surface area contributed by atoms with E-state index in [9.17, 15) is 22.8 Å². The standard InChI is InChI=1S/C10H8ClF3O2/c1-3-4-7(6(2)11)8(15)5-9(16)10(12,13)14/h3-4H,1-2,5H2/b7-4+. The van der Waals surface area contributed by atoms with Gasteiger partial charge in [-0.2, -0.15) is 13.2 Å². The highest BCUT2D eigenvalue weighted by Crippen LogP contribution is 2.21. The van der Waals surface area contributed by atoms with Gasteiger partial charge in [0.2, 0.25) is 5.78 Å². The normalized spacial score (nSPS) is 12.1. The fourth-order valence-electron chi connectivity index (χ4n) is 0.794. The largest absolute Gasteiger partial charge is 0.450 e. The fourth-order valence-corrected chi connectivity index (χ4v) is 0.962. The molecular weight excluding hydrogens is 245 g/mol. The van der Waals surface area contributed by atoms with Crippen LogP contribution in [0.2, 0.25) is 0 Å². The molecule has 0 unspecified atom stereocenters. The molecule has 0 N–H and O–H groups in total. The first-order valence-corrected chi connectivity index (χ1v) is 4.38. The molecule has 0 aliphatic carbocycles. The van der Waals surface area contributed by atoms with Crippen LogP contribution in [0.4, 0.5) is 13.2 Å². The molecule has 0 saturated heterocycles. The average molecular weight is 253 g/mol. The summed E-state index contributed by atoms with van der Waals surface area (Å²) in [4.78, 5) is 21.8. The van der Waals surface area contributed by atoms with Crippen molar-refractivity contribution in [3.63, 3.8) is 0 Å². The molecule has 0 bridgehead atoms. The van der Waals surface area contributed by atoms with Crippen LogP contribution in [0.25, 0.3) is 0 Å². The Balaban J connectivity index is 4.82. The van der Waals surface area contributed by atoms with E-state index in [-0.39, 0.29) is 10.6 Å². The van der Waals surface area contributed by atoms with Gasteiger partial charge in [-0.3, -0.25) is 9.59 Å². The Hall–Kier alpha value is -1.36. The van der Waals surface area contributed by atoms with Crippen LogP contribution < -0.4 is 0 Å². The van der Waals surface area contributed by atoms with E-state index in [1.807, 2.05) is 0 Å². The minimum absolute atomic E-state index is 0.236. The van der Waals surface area contributed by atoms with Crippen LogP contribution >= 0.6 is 11.6 Å². The second-order valence-corrected chi connectivity index (χ2v) is 3.20. The van der Waals surface area contributed by atoms with Crippen molar-refractivity contribution in [3.05, 3.63) is 35.9 Å². The molecule has 0 radical (unpaired) electrons. The smallest absolute Gasteiger partial charge is 0.294 e. The maximum absolute atomic E-state index is 11.9. The van der Waals surface area contributed by atoms with Gasteiger partial charge >= 0.3 is 6.18 Å². The first-order chi connectivity index (χ1) is 7.20. The summed E-state index contributed by atoms with van der Waals surface area (Å²) >= 11 is 5.39. The molecule has 0 aliphatic heterocycles. The molecule has 0 aliphatic rings. The first kappa shape index (κ1) is 14.6. The van der Waals surface area contributed by atoms with E-state index in [4.69, 9.17) is 11.6 Å². The molecule has 88 valence electrons. The van der Waals surface area contributed by atoms with Gasteiger partial charge in [-0.25, -0.2) is 0 Å². The molecule has 0 atom stereocenters. The van der Waals surface area contributed by atoms with Crippen molar-refractivity contribution >= 4 is 23.2 Å². The molecule has 0 heterocycles. The van der Waals surface area contributed by atoms with Crippen LogP contribution in [0.3, 0.4) is 0 Å². The van der Waals surface area contributed by atoms with Crippen molar-refractivity contribution in [3.8, 4) is 0 Å².